The van der Waals surface area contributed by atoms with Crippen molar-refractivity contribution >= 4 is 27.6 Å². The van der Waals surface area contributed by atoms with Crippen LogP contribution in [0.1, 0.15) is 53.2 Å². The summed E-state index contributed by atoms with van der Waals surface area (Å²) in [5.41, 5.74) is 6.17. The monoisotopic (exact) mass is 438 g/mol. The molecule has 2 rings (SSSR count). The van der Waals surface area contributed by atoms with Crippen LogP contribution in [-0.2, 0) is 27.8 Å². The lowest BCUT2D eigenvalue weighted by Crippen LogP contribution is -2.21. The van der Waals surface area contributed by atoms with E-state index in [1.54, 1.807) is 7.05 Å². The topological polar surface area (TPSA) is 143 Å². The maximum atomic E-state index is 13.1. The molecule has 11 heteroatoms. The van der Waals surface area contributed by atoms with Crippen LogP contribution >= 0.6 is 0 Å². The van der Waals surface area contributed by atoms with E-state index in [-0.39, 0.29) is 27.6 Å². The molecule has 0 spiro atoms. The average molecular weight is 439 g/mol. The number of aromatic nitrogens is 2. The molecule has 1 heterocycles. The van der Waals surface area contributed by atoms with Crippen molar-refractivity contribution in [3.63, 3.8) is 0 Å². The maximum absolute atomic E-state index is 13.1. The van der Waals surface area contributed by atoms with Gasteiger partial charge in [-0.3, -0.25) is 18.5 Å². The van der Waals surface area contributed by atoms with Crippen LogP contribution in [0.3, 0.4) is 0 Å². The molecule has 0 atom stereocenters. The summed E-state index contributed by atoms with van der Waals surface area (Å²) in [6.45, 7) is 4.16. The number of nitrogens with zero attached hydrogens (tertiary/aromatic N) is 2. The van der Waals surface area contributed by atoms with Gasteiger partial charge in [0.15, 0.2) is 0 Å². The zero-order chi connectivity index (χ0) is 22.5. The van der Waals surface area contributed by atoms with Crippen molar-refractivity contribution in [3.8, 4) is 5.75 Å². The first-order valence-electron chi connectivity index (χ1n) is 9.40. The molecule has 0 saturated carbocycles. The molecule has 1 aromatic carbocycles. The number of nitrogens with one attached hydrogen (secondary N) is 1. The van der Waals surface area contributed by atoms with Gasteiger partial charge < -0.3 is 15.8 Å². The molecule has 2 amide bonds. The number of primary amides is 1. The number of carbonyl (C=O) groups excluding carboxylic acids is 2. The van der Waals surface area contributed by atoms with Crippen molar-refractivity contribution in [1.82, 2.24) is 9.78 Å². The van der Waals surface area contributed by atoms with E-state index < -0.39 is 21.9 Å². The Kier molecular flexibility index (Phi) is 7.57. The number of aryl methyl sites for hydroxylation is 2. The second kappa shape index (κ2) is 9.72. The molecule has 3 N–H and O–H groups in total. The van der Waals surface area contributed by atoms with Gasteiger partial charge in [-0.1, -0.05) is 20.3 Å². The Morgan fingerprint density at radius 3 is 2.50 bits per heavy atom. The number of carbonyl (C=O) groups is 2. The largest absolute Gasteiger partial charge is 0.493 e. The normalized spacial score (nSPS) is 11.3. The standard InChI is InChI=1S/C19H26N4O6S/c1-5-7-14-16(17(18(20)24)23(3)22-14)21-19(25)13-11-12(30(26,27)28-4)8-9-15(13)29-10-6-2/h8-9,11H,5-7,10H2,1-4H3,(H2,20,24)(H,21,25). The lowest BCUT2D eigenvalue weighted by molar-refractivity contribution is 0.0992. The number of amides is 2. The van der Waals surface area contributed by atoms with E-state index >= 15 is 0 Å². The number of hydrogen-bond acceptors (Lipinski definition) is 7. The van der Waals surface area contributed by atoms with Gasteiger partial charge in [-0.2, -0.15) is 13.5 Å². The minimum absolute atomic E-state index is 0.0247. The molecule has 0 aliphatic heterocycles. The Morgan fingerprint density at radius 2 is 1.93 bits per heavy atom. The van der Waals surface area contributed by atoms with Crippen LogP contribution in [0.4, 0.5) is 5.69 Å². The van der Waals surface area contributed by atoms with Gasteiger partial charge in [-0.15, -0.1) is 0 Å². The van der Waals surface area contributed by atoms with Crippen LogP contribution in [0.15, 0.2) is 23.1 Å². The number of hydrogen-bond donors (Lipinski definition) is 2. The molecule has 0 radical (unpaired) electrons. The predicted octanol–water partition coefficient (Wildman–Crippen LogP) is 1.85. The quantitative estimate of drug-likeness (QED) is 0.539. The Labute approximate surface area is 175 Å². The van der Waals surface area contributed by atoms with Crippen LogP contribution in [0.5, 0.6) is 5.75 Å². The lowest BCUT2D eigenvalue weighted by Gasteiger charge is -2.13. The van der Waals surface area contributed by atoms with Gasteiger partial charge in [-0.05, 0) is 31.0 Å². The number of ether oxygens (including phenoxy) is 1. The molecular weight excluding hydrogens is 412 g/mol. The van der Waals surface area contributed by atoms with Gasteiger partial charge in [0.05, 0.1) is 35.6 Å². The summed E-state index contributed by atoms with van der Waals surface area (Å²) in [6, 6.07) is 3.85. The molecule has 0 aliphatic carbocycles. The SMILES string of the molecule is CCCOc1ccc(S(=O)(=O)OC)cc1C(=O)Nc1c(CCC)nn(C)c1C(N)=O. The Hall–Kier alpha value is -2.92. The minimum atomic E-state index is -4.02. The molecule has 0 unspecified atom stereocenters. The molecule has 0 fully saturated rings. The van der Waals surface area contributed by atoms with Crippen molar-refractivity contribution in [1.29, 1.82) is 0 Å². The first kappa shape index (κ1) is 23.4. The Morgan fingerprint density at radius 1 is 1.23 bits per heavy atom. The molecule has 10 nitrogen and oxygen atoms in total. The van der Waals surface area contributed by atoms with E-state index in [2.05, 4.69) is 14.6 Å². The van der Waals surface area contributed by atoms with Gasteiger partial charge in [-0.25, -0.2) is 0 Å². The molecule has 164 valence electrons. The lowest BCUT2D eigenvalue weighted by atomic mass is 10.1. The second-order valence-electron chi connectivity index (χ2n) is 6.49. The number of nitrogens with two attached hydrogens (primary N) is 1. The van der Waals surface area contributed by atoms with Gasteiger partial charge in [0.2, 0.25) is 0 Å². The number of anilines is 1. The molecule has 2 aromatic rings. The molecule has 0 bridgehead atoms. The van der Waals surface area contributed by atoms with Gasteiger partial charge in [0, 0.05) is 7.05 Å². The fourth-order valence-electron chi connectivity index (χ4n) is 2.86. The molecule has 1 aromatic heterocycles. The predicted molar refractivity (Wildman–Crippen MR) is 110 cm³/mol. The van der Waals surface area contributed by atoms with E-state index in [9.17, 15) is 18.0 Å². The fraction of sp³-hybridized carbons (Fsp3) is 0.421. The van der Waals surface area contributed by atoms with E-state index in [1.165, 1.54) is 22.9 Å². The molecule has 0 aliphatic rings. The van der Waals surface area contributed by atoms with E-state index in [4.69, 9.17) is 10.5 Å². The summed E-state index contributed by atoms with van der Waals surface area (Å²) in [5.74, 6) is -1.21. The molecule has 0 saturated heterocycles. The van der Waals surface area contributed by atoms with Crippen molar-refractivity contribution in [2.24, 2.45) is 12.8 Å². The Bertz CT molecular complexity index is 1050. The minimum Gasteiger partial charge on any atom is -0.493 e. The highest BCUT2D eigenvalue weighted by atomic mass is 32.2. The van der Waals surface area contributed by atoms with Crippen LogP contribution in [0.2, 0.25) is 0 Å². The highest BCUT2D eigenvalue weighted by Gasteiger charge is 2.25. The molecule has 30 heavy (non-hydrogen) atoms. The van der Waals surface area contributed by atoms with Gasteiger partial charge in [0.25, 0.3) is 21.9 Å². The van der Waals surface area contributed by atoms with E-state index in [0.717, 1.165) is 13.5 Å². The van der Waals surface area contributed by atoms with Crippen LogP contribution in [0.25, 0.3) is 0 Å². The Balaban J connectivity index is 2.54. The van der Waals surface area contributed by atoms with Crippen molar-refractivity contribution in [3.05, 3.63) is 35.2 Å². The molecular formula is C19H26N4O6S. The van der Waals surface area contributed by atoms with Crippen LogP contribution < -0.4 is 15.8 Å². The smallest absolute Gasteiger partial charge is 0.296 e. The third-order valence-corrected chi connectivity index (χ3v) is 5.51. The highest BCUT2D eigenvalue weighted by molar-refractivity contribution is 7.86. The summed E-state index contributed by atoms with van der Waals surface area (Å²) < 4.78 is 35.6. The van der Waals surface area contributed by atoms with Crippen molar-refractivity contribution in [2.45, 2.75) is 38.0 Å². The average Bonchev–Trinajstić information content (AvgIpc) is 3.01. The first-order chi connectivity index (χ1) is 14.2. The van der Waals surface area contributed by atoms with Gasteiger partial charge in [0.1, 0.15) is 11.4 Å². The second-order valence-corrected chi connectivity index (χ2v) is 8.20. The zero-order valence-electron chi connectivity index (χ0n) is 17.4. The van der Waals surface area contributed by atoms with Crippen LogP contribution in [0, 0.1) is 0 Å². The van der Waals surface area contributed by atoms with E-state index in [0.29, 0.717) is 25.1 Å². The number of benzene rings is 1. The number of rotatable bonds is 10. The summed E-state index contributed by atoms with van der Waals surface area (Å²) in [4.78, 5) is 24.8. The summed E-state index contributed by atoms with van der Waals surface area (Å²) >= 11 is 0. The van der Waals surface area contributed by atoms with Crippen molar-refractivity contribution < 1.29 is 26.9 Å². The zero-order valence-corrected chi connectivity index (χ0v) is 18.2. The fourth-order valence-corrected chi connectivity index (χ4v) is 3.55. The highest BCUT2D eigenvalue weighted by Crippen LogP contribution is 2.27. The first-order valence-corrected chi connectivity index (χ1v) is 10.8. The summed E-state index contributed by atoms with van der Waals surface area (Å²) in [5, 5.41) is 6.92. The third-order valence-electron chi connectivity index (χ3n) is 4.24. The van der Waals surface area contributed by atoms with E-state index in [1.807, 2.05) is 13.8 Å². The maximum Gasteiger partial charge on any atom is 0.296 e. The van der Waals surface area contributed by atoms with Crippen molar-refractivity contribution in [2.75, 3.05) is 19.0 Å². The summed E-state index contributed by atoms with van der Waals surface area (Å²) in [6.07, 6.45) is 1.92. The van der Waals surface area contributed by atoms with Gasteiger partial charge >= 0.3 is 0 Å². The third kappa shape index (κ3) is 4.97. The summed E-state index contributed by atoms with van der Waals surface area (Å²) in [7, 11) is -1.44. The van der Waals surface area contributed by atoms with Crippen LogP contribution in [-0.4, -0.2) is 43.7 Å².